The van der Waals surface area contributed by atoms with Gasteiger partial charge in [-0.15, -0.1) is 0 Å². The number of nitrogens with zero attached hydrogens (tertiary/aromatic N) is 6. The predicted octanol–water partition coefficient (Wildman–Crippen LogP) is 1.99. The van der Waals surface area contributed by atoms with E-state index in [2.05, 4.69) is 60.0 Å². The highest BCUT2D eigenvalue weighted by atomic mass is 19.1. The number of aromatic nitrogens is 2. The standard InChI is InChI=1S/C30H40FN9O3/c1-21-17-24(33-23-5-3-22(4-6-23)20-39-9-7-37(2)8-10-39)18-25(27(21)42)29(43)35-36-30-32-19-26(31)28(34-30)40-13-11-38(12-14-40)15-16-41/h3-6,17-19,33,41-42H,7-16,20H2,1-2H3,(H,35,43)(H,32,34,36). The molecule has 230 valence electrons. The third kappa shape index (κ3) is 7.87. The molecule has 5 rings (SSSR count). The summed E-state index contributed by atoms with van der Waals surface area (Å²) in [5.41, 5.74) is 8.48. The van der Waals surface area contributed by atoms with Gasteiger partial charge in [0.25, 0.3) is 5.91 Å². The van der Waals surface area contributed by atoms with Gasteiger partial charge in [-0.25, -0.2) is 9.37 Å². The van der Waals surface area contributed by atoms with Gasteiger partial charge in [0.1, 0.15) is 5.75 Å². The number of β-amino-alcohol motifs (C(OH)–C–C–N with tert-alkyl or cyclic N) is 1. The molecule has 3 heterocycles. The number of hydrogen-bond acceptors (Lipinski definition) is 11. The fourth-order valence-electron chi connectivity index (χ4n) is 5.29. The molecule has 5 N–H and O–H groups in total. The lowest BCUT2D eigenvalue weighted by atomic mass is 10.1. The van der Waals surface area contributed by atoms with Crippen molar-refractivity contribution in [3.63, 3.8) is 0 Å². The number of phenols is 1. The van der Waals surface area contributed by atoms with Gasteiger partial charge in [0.05, 0.1) is 18.4 Å². The zero-order chi connectivity index (χ0) is 30.3. The maximum Gasteiger partial charge on any atom is 0.273 e. The van der Waals surface area contributed by atoms with Crippen LogP contribution in [-0.4, -0.2) is 113 Å². The quantitative estimate of drug-likeness (QED) is 0.175. The molecule has 0 bridgehead atoms. The van der Waals surface area contributed by atoms with Crippen molar-refractivity contribution in [2.75, 3.05) is 88.2 Å². The number of aliphatic hydroxyl groups excluding tert-OH is 1. The summed E-state index contributed by atoms with van der Waals surface area (Å²) in [6.07, 6.45) is 1.06. The molecule has 43 heavy (non-hydrogen) atoms. The third-order valence-electron chi connectivity index (χ3n) is 7.89. The number of likely N-dealkylation sites (N-methyl/N-ethyl adjacent to an activating group) is 1. The largest absolute Gasteiger partial charge is 0.507 e. The highest BCUT2D eigenvalue weighted by Crippen LogP contribution is 2.29. The molecule has 0 atom stereocenters. The number of nitrogens with one attached hydrogen (secondary N) is 3. The number of aliphatic hydroxyl groups is 1. The zero-order valence-electron chi connectivity index (χ0n) is 24.7. The number of amides is 1. The summed E-state index contributed by atoms with van der Waals surface area (Å²) in [5, 5.41) is 23.1. The van der Waals surface area contributed by atoms with Crippen LogP contribution in [0, 0.1) is 12.7 Å². The van der Waals surface area contributed by atoms with E-state index in [0.29, 0.717) is 44.0 Å². The Morgan fingerprint density at radius 1 is 0.977 bits per heavy atom. The summed E-state index contributed by atoms with van der Waals surface area (Å²) >= 11 is 0. The van der Waals surface area contributed by atoms with Gasteiger partial charge in [0.2, 0.25) is 5.95 Å². The Balaban J connectivity index is 1.20. The van der Waals surface area contributed by atoms with Crippen molar-refractivity contribution >= 4 is 29.0 Å². The Bertz CT molecular complexity index is 1390. The molecule has 0 radical (unpaired) electrons. The molecule has 2 aliphatic heterocycles. The first-order valence-corrected chi connectivity index (χ1v) is 14.6. The van der Waals surface area contributed by atoms with E-state index in [0.717, 1.165) is 44.6 Å². The van der Waals surface area contributed by atoms with Gasteiger partial charge in [-0.05, 0) is 49.4 Å². The minimum atomic E-state index is -0.598. The highest BCUT2D eigenvalue weighted by Gasteiger charge is 2.22. The van der Waals surface area contributed by atoms with Crippen LogP contribution in [0.1, 0.15) is 21.5 Å². The van der Waals surface area contributed by atoms with Crippen molar-refractivity contribution in [1.82, 2.24) is 30.1 Å². The van der Waals surface area contributed by atoms with E-state index in [1.807, 2.05) is 12.1 Å². The summed E-state index contributed by atoms with van der Waals surface area (Å²) in [4.78, 5) is 30.0. The number of aromatic hydroxyl groups is 1. The Hall–Kier alpha value is -4.04. The number of halogens is 1. The Morgan fingerprint density at radius 2 is 1.67 bits per heavy atom. The zero-order valence-corrected chi connectivity index (χ0v) is 24.7. The molecular weight excluding hydrogens is 553 g/mol. The summed E-state index contributed by atoms with van der Waals surface area (Å²) in [5.74, 6) is -1.15. The van der Waals surface area contributed by atoms with Gasteiger partial charge in [-0.3, -0.25) is 25.4 Å². The molecule has 0 spiro atoms. The lowest BCUT2D eigenvalue weighted by Crippen LogP contribution is -2.47. The van der Waals surface area contributed by atoms with Crippen LogP contribution in [-0.2, 0) is 6.54 Å². The molecule has 0 unspecified atom stereocenters. The SMILES string of the molecule is Cc1cc(Nc2ccc(CN3CCN(C)CC3)cc2)cc(C(=O)NNc2ncc(F)c(N3CCN(CCO)CC3)n2)c1O. The van der Waals surface area contributed by atoms with E-state index in [9.17, 15) is 14.3 Å². The first-order chi connectivity index (χ1) is 20.8. The summed E-state index contributed by atoms with van der Waals surface area (Å²) in [6.45, 7) is 9.99. The van der Waals surface area contributed by atoms with Crippen molar-refractivity contribution in [3.8, 4) is 5.75 Å². The van der Waals surface area contributed by atoms with E-state index < -0.39 is 11.7 Å². The minimum Gasteiger partial charge on any atom is -0.507 e. The lowest BCUT2D eigenvalue weighted by molar-refractivity contribution is 0.0959. The van der Waals surface area contributed by atoms with E-state index in [-0.39, 0.29) is 29.7 Å². The molecule has 3 aromatic rings. The second kappa shape index (κ2) is 14.0. The van der Waals surface area contributed by atoms with Crippen LogP contribution >= 0.6 is 0 Å². The van der Waals surface area contributed by atoms with Crippen molar-refractivity contribution < 1.29 is 19.4 Å². The molecule has 12 nitrogen and oxygen atoms in total. The van der Waals surface area contributed by atoms with Gasteiger partial charge in [0.15, 0.2) is 11.6 Å². The number of carbonyl (C=O) groups is 1. The normalized spacial score (nSPS) is 16.7. The number of anilines is 4. The Labute approximate surface area is 251 Å². The van der Waals surface area contributed by atoms with Crippen LogP contribution in [0.2, 0.25) is 0 Å². The minimum absolute atomic E-state index is 0.0182. The first kappa shape index (κ1) is 30.4. The van der Waals surface area contributed by atoms with E-state index >= 15 is 0 Å². The van der Waals surface area contributed by atoms with Crippen molar-refractivity contribution in [2.45, 2.75) is 13.5 Å². The van der Waals surface area contributed by atoms with Gasteiger partial charge < -0.3 is 25.3 Å². The number of carbonyl (C=O) groups excluding carboxylic acids is 1. The molecular formula is C30H40FN9O3. The van der Waals surface area contributed by atoms with Crippen LogP contribution in [0.25, 0.3) is 0 Å². The van der Waals surface area contributed by atoms with Crippen LogP contribution in [0.3, 0.4) is 0 Å². The fraction of sp³-hybridized carbons (Fsp3) is 0.433. The molecule has 0 saturated carbocycles. The van der Waals surface area contributed by atoms with Crippen molar-refractivity contribution in [1.29, 1.82) is 0 Å². The first-order valence-electron chi connectivity index (χ1n) is 14.6. The molecule has 2 aromatic carbocycles. The second-order valence-electron chi connectivity index (χ2n) is 11.1. The average molecular weight is 594 g/mol. The number of benzene rings is 2. The predicted molar refractivity (Wildman–Crippen MR) is 164 cm³/mol. The van der Waals surface area contributed by atoms with Crippen LogP contribution < -0.4 is 21.1 Å². The van der Waals surface area contributed by atoms with Gasteiger partial charge in [-0.2, -0.15) is 4.98 Å². The van der Waals surface area contributed by atoms with Crippen LogP contribution in [0.15, 0.2) is 42.6 Å². The molecule has 1 aromatic heterocycles. The molecule has 1 amide bonds. The summed E-state index contributed by atoms with van der Waals surface area (Å²) in [6, 6.07) is 11.5. The molecule has 2 saturated heterocycles. The number of hydrazine groups is 1. The number of rotatable bonds is 10. The number of aryl methyl sites for hydroxylation is 1. The van der Waals surface area contributed by atoms with Gasteiger partial charge in [0, 0.05) is 76.8 Å². The topological polar surface area (TPSA) is 132 Å². The maximum absolute atomic E-state index is 14.5. The van der Waals surface area contributed by atoms with Gasteiger partial charge in [-0.1, -0.05) is 12.1 Å². The molecule has 13 heteroatoms. The highest BCUT2D eigenvalue weighted by molar-refractivity contribution is 5.99. The van der Waals surface area contributed by atoms with E-state index in [1.54, 1.807) is 24.0 Å². The smallest absolute Gasteiger partial charge is 0.273 e. The van der Waals surface area contributed by atoms with Crippen molar-refractivity contribution in [3.05, 3.63) is 65.1 Å². The average Bonchev–Trinajstić information content (AvgIpc) is 3.01. The van der Waals surface area contributed by atoms with Crippen LogP contribution in [0.5, 0.6) is 5.75 Å². The maximum atomic E-state index is 14.5. The number of phenolic OH excluding ortho intramolecular Hbond substituents is 1. The van der Waals surface area contributed by atoms with E-state index in [1.165, 1.54) is 5.56 Å². The van der Waals surface area contributed by atoms with E-state index in [4.69, 9.17) is 5.11 Å². The number of piperazine rings is 2. The lowest BCUT2D eigenvalue weighted by Gasteiger charge is -2.35. The Morgan fingerprint density at radius 3 is 2.37 bits per heavy atom. The van der Waals surface area contributed by atoms with Gasteiger partial charge >= 0.3 is 0 Å². The summed E-state index contributed by atoms with van der Waals surface area (Å²) < 4.78 is 14.5. The third-order valence-corrected chi connectivity index (χ3v) is 7.89. The Kier molecular flexibility index (Phi) is 9.87. The monoisotopic (exact) mass is 593 g/mol. The molecule has 2 fully saturated rings. The summed E-state index contributed by atoms with van der Waals surface area (Å²) in [7, 11) is 2.15. The molecule has 0 aliphatic carbocycles. The molecule has 2 aliphatic rings. The fourth-order valence-corrected chi connectivity index (χ4v) is 5.29. The second-order valence-corrected chi connectivity index (χ2v) is 11.1. The van der Waals surface area contributed by atoms with Crippen molar-refractivity contribution in [2.24, 2.45) is 0 Å². The number of hydrogen-bond donors (Lipinski definition) is 5. The van der Waals surface area contributed by atoms with Crippen LogP contribution in [0.4, 0.5) is 27.5 Å².